The fourth-order valence-electron chi connectivity index (χ4n) is 1.93. The average molecular weight is 300 g/mol. The molecule has 0 bridgehead atoms. The lowest BCUT2D eigenvalue weighted by Crippen LogP contribution is -2.19. The second-order valence-corrected chi connectivity index (χ2v) is 5.36. The van der Waals surface area contributed by atoms with Gasteiger partial charge in [-0.3, -0.25) is 9.59 Å². The zero-order valence-electron chi connectivity index (χ0n) is 11.6. The van der Waals surface area contributed by atoms with Gasteiger partial charge >= 0.3 is 0 Å². The van der Waals surface area contributed by atoms with Gasteiger partial charge in [0, 0.05) is 4.90 Å². The van der Waals surface area contributed by atoms with Crippen molar-refractivity contribution in [2.24, 2.45) is 5.73 Å². The van der Waals surface area contributed by atoms with E-state index in [0.717, 1.165) is 10.5 Å². The summed E-state index contributed by atoms with van der Waals surface area (Å²) in [7, 11) is 0. The minimum atomic E-state index is -0.560. The number of nitrogens with two attached hydrogens (primary N) is 1. The zero-order chi connectivity index (χ0) is 15.2. The molecule has 0 fully saturated rings. The summed E-state index contributed by atoms with van der Waals surface area (Å²) in [6.45, 7) is 0. The topological polar surface area (TPSA) is 72.2 Å². The van der Waals surface area contributed by atoms with Crippen LogP contribution >= 0.6 is 11.8 Å². The van der Waals surface area contributed by atoms with Crippen LogP contribution in [0.25, 0.3) is 0 Å². The Bertz CT molecular complexity index is 654. The SMILES string of the molecule is CSc1ccc(CC(=O)Nc2ccccc2C(N)=O)cc1. The van der Waals surface area contributed by atoms with E-state index >= 15 is 0 Å². The summed E-state index contributed by atoms with van der Waals surface area (Å²) in [5, 5.41) is 2.72. The van der Waals surface area contributed by atoms with Crippen molar-refractivity contribution in [3.8, 4) is 0 Å². The molecule has 0 spiro atoms. The molecule has 2 aromatic rings. The van der Waals surface area contributed by atoms with Gasteiger partial charge in [0.05, 0.1) is 17.7 Å². The molecule has 2 amide bonds. The lowest BCUT2D eigenvalue weighted by atomic mass is 10.1. The van der Waals surface area contributed by atoms with Gasteiger partial charge in [0.1, 0.15) is 0 Å². The molecule has 21 heavy (non-hydrogen) atoms. The maximum absolute atomic E-state index is 12.0. The number of primary amides is 1. The van der Waals surface area contributed by atoms with Gasteiger partial charge in [0.2, 0.25) is 5.91 Å². The molecule has 0 aliphatic carbocycles. The van der Waals surface area contributed by atoms with Crippen LogP contribution in [0.1, 0.15) is 15.9 Å². The van der Waals surface area contributed by atoms with E-state index in [-0.39, 0.29) is 12.3 Å². The molecule has 0 aliphatic rings. The highest BCUT2D eigenvalue weighted by Crippen LogP contribution is 2.17. The Morgan fingerprint density at radius 2 is 1.76 bits per heavy atom. The third-order valence-electron chi connectivity index (χ3n) is 2.99. The molecule has 0 unspecified atom stereocenters. The molecule has 0 atom stereocenters. The number of amides is 2. The Morgan fingerprint density at radius 3 is 2.38 bits per heavy atom. The van der Waals surface area contributed by atoms with E-state index < -0.39 is 5.91 Å². The van der Waals surface area contributed by atoms with Crippen molar-refractivity contribution in [3.05, 3.63) is 59.7 Å². The molecular formula is C16H16N2O2S. The zero-order valence-corrected chi connectivity index (χ0v) is 12.4. The van der Waals surface area contributed by atoms with Crippen LogP contribution in [0.2, 0.25) is 0 Å². The van der Waals surface area contributed by atoms with Crippen LogP contribution in [0.15, 0.2) is 53.4 Å². The van der Waals surface area contributed by atoms with Gasteiger partial charge in [-0.15, -0.1) is 11.8 Å². The van der Waals surface area contributed by atoms with Crippen LogP contribution in [-0.2, 0) is 11.2 Å². The van der Waals surface area contributed by atoms with Gasteiger partial charge in [-0.2, -0.15) is 0 Å². The molecule has 0 radical (unpaired) electrons. The fraction of sp³-hybridized carbons (Fsp3) is 0.125. The fourth-order valence-corrected chi connectivity index (χ4v) is 2.34. The van der Waals surface area contributed by atoms with Gasteiger partial charge in [0.15, 0.2) is 0 Å². The number of nitrogens with one attached hydrogen (secondary N) is 1. The third-order valence-corrected chi connectivity index (χ3v) is 3.73. The van der Waals surface area contributed by atoms with Crippen LogP contribution in [0, 0.1) is 0 Å². The molecule has 0 saturated heterocycles. The second-order valence-electron chi connectivity index (χ2n) is 4.48. The van der Waals surface area contributed by atoms with Crippen molar-refractivity contribution < 1.29 is 9.59 Å². The van der Waals surface area contributed by atoms with E-state index in [9.17, 15) is 9.59 Å². The Labute approximate surface area is 127 Å². The Kier molecular flexibility index (Phi) is 5.00. The van der Waals surface area contributed by atoms with Crippen molar-refractivity contribution in [3.63, 3.8) is 0 Å². The highest BCUT2D eigenvalue weighted by atomic mass is 32.2. The van der Waals surface area contributed by atoms with E-state index in [1.54, 1.807) is 36.0 Å². The molecule has 3 N–H and O–H groups in total. The van der Waals surface area contributed by atoms with Gasteiger partial charge in [-0.25, -0.2) is 0 Å². The van der Waals surface area contributed by atoms with Crippen molar-refractivity contribution in [1.29, 1.82) is 0 Å². The number of carbonyl (C=O) groups is 2. The first-order chi connectivity index (χ1) is 10.1. The molecule has 5 heteroatoms. The smallest absolute Gasteiger partial charge is 0.250 e. The Hall–Kier alpha value is -2.27. The lowest BCUT2D eigenvalue weighted by Gasteiger charge is -2.09. The highest BCUT2D eigenvalue weighted by Gasteiger charge is 2.10. The van der Waals surface area contributed by atoms with E-state index in [2.05, 4.69) is 5.32 Å². The van der Waals surface area contributed by atoms with Crippen LogP contribution < -0.4 is 11.1 Å². The summed E-state index contributed by atoms with van der Waals surface area (Å²) in [6.07, 6.45) is 2.25. The summed E-state index contributed by atoms with van der Waals surface area (Å²) >= 11 is 1.65. The Balaban J connectivity index is 2.06. The first kappa shape index (κ1) is 15.1. The number of hydrogen-bond donors (Lipinski definition) is 2. The predicted molar refractivity (Wildman–Crippen MR) is 85.5 cm³/mol. The van der Waals surface area contributed by atoms with E-state index in [4.69, 9.17) is 5.73 Å². The second kappa shape index (κ2) is 6.95. The average Bonchev–Trinajstić information content (AvgIpc) is 2.48. The molecule has 2 aromatic carbocycles. The van der Waals surface area contributed by atoms with Crippen molar-refractivity contribution in [1.82, 2.24) is 0 Å². The molecule has 0 saturated carbocycles. The largest absolute Gasteiger partial charge is 0.366 e. The summed E-state index contributed by atoms with van der Waals surface area (Å²) < 4.78 is 0. The van der Waals surface area contributed by atoms with Gasteiger partial charge in [-0.05, 0) is 36.1 Å². The molecule has 4 nitrogen and oxygen atoms in total. The summed E-state index contributed by atoms with van der Waals surface area (Å²) in [6, 6.07) is 14.5. The van der Waals surface area contributed by atoms with Crippen LogP contribution in [-0.4, -0.2) is 18.1 Å². The maximum Gasteiger partial charge on any atom is 0.250 e. The van der Waals surface area contributed by atoms with Crippen molar-refractivity contribution in [2.45, 2.75) is 11.3 Å². The van der Waals surface area contributed by atoms with Crippen molar-refractivity contribution >= 4 is 29.3 Å². The van der Waals surface area contributed by atoms with Crippen LogP contribution in [0.5, 0.6) is 0 Å². The van der Waals surface area contributed by atoms with E-state index in [0.29, 0.717) is 11.3 Å². The first-order valence-electron chi connectivity index (χ1n) is 6.42. The molecule has 0 aliphatic heterocycles. The molecule has 0 aromatic heterocycles. The van der Waals surface area contributed by atoms with Crippen molar-refractivity contribution in [2.75, 3.05) is 11.6 Å². The number of carbonyl (C=O) groups excluding carboxylic acids is 2. The van der Waals surface area contributed by atoms with Crippen LogP contribution in [0.3, 0.4) is 0 Å². The molecular weight excluding hydrogens is 284 g/mol. The maximum atomic E-state index is 12.0. The minimum Gasteiger partial charge on any atom is -0.366 e. The first-order valence-corrected chi connectivity index (χ1v) is 7.64. The molecule has 0 heterocycles. The van der Waals surface area contributed by atoms with Crippen LogP contribution in [0.4, 0.5) is 5.69 Å². The molecule has 108 valence electrons. The van der Waals surface area contributed by atoms with E-state index in [1.165, 1.54) is 0 Å². The quantitative estimate of drug-likeness (QED) is 0.834. The summed E-state index contributed by atoms with van der Waals surface area (Å²) in [5.41, 5.74) is 6.95. The van der Waals surface area contributed by atoms with Gasteiger partial charge < -0.3 is 11.1 Å². The number of rotatable bonds is 5. The third kappa shape index (κ3) is 4.10. The predicted octanol–water partition coefficient (Wildman–Crippen LogP) is 2.69. The summed E-state index contributed by atoms with van der Waals surface area (Å²) in [4.78, 5) is 24.5. The number of benzene rings is 2. The highest BCUT2D eigenvalue weighted by molar-refractivity contribution is 7.98. The number of thioether (sulfide) groups is 1. The summed E-state index contributed by atoms with van der Waals surface area (Å²) in [5.74, 6) is -0.740. The molecule has 2 rings (SSSR count). The van der Waals surface area contributed by atoms with E-state index in [1.807, 2.05) is 30.5 Å². The van der Waals surface area contributed by atoms with Gasteiger partial charge in [0.25, 0.3) is 5.91 Å². The normalized spacial score (nSPS) is 10.1. The standard InChI is InChI=1S/C16H16N2O2S/c1-21-12-8-6-11(7-9-12)10-15(19)18-14-5-3-2-4-13(14)16(17)20/h2-9H,10H2,1H3,(H2,17,20)(H,18,19). The minimum absolute atomic E-state index is 0.180. The number of hydrogen-bond acceptors (Lipinski definition) is 3. The number of anilines is 1. The Morgan fingerprint density at radius 1 is 1.10 bits per heavy atom. The lowest BCUT2D eigenvalue weighted by molar-refractivity contribution is -0.115. The number of para-hydroxylation sites is 1. The monoisotopic (exact) mass is 300 g/mol. The van der Waals surface area contributed by atoms with Gasteiger partial charge in [-0.1, -0.05) is 24.3 Å².